The van der Waals surface area contributed by atoms with E-state index in [2.05, 4.69) is 24.9 Å². The first kappa shape index (κ1) is 14.9. The lowest BCUT2D eigenvalue weighted by Crippen LogP contribution is -2.02. The first-order valence-corrected chi connectivity index (χ1v) is 5.86. The van der Waals surface area contributed by atoms with Crippen LogP contribution in [-0.2, 0) is 4.74 Å². The van der Waals surface area contributed by atoms with Gasteiger partial charge in [0.15, 0.2) is 0 Å². The Hall–Kier alpha value is -1.14. The van der Waals surface area contributed by atoms with Crippen LogP contribution in [0.4, 0.5) is 0 Å². The second-order valence-electron chi connectivity index (χ2n) is 3.69. The molecule has 0 aliphatic carbocycles. The molecule has 0 saturated carbocycles. The summed E-state index contributed by atoms with van der Waals surface area (Å²) in [6.45, 7) is 4.79. The van der Waals surface area contributed by atoms with Crippen molar-refractivity contribution < 1.29 is 4.74 Å². The third kappa shape index (κ3) is 6.36. The number of rotatable bonds is 8. The Morgan fingerprint density at radius 1 is 1.50 bits per heavy atom. The summed E-state index contributed by atoms with van der Waals surface area (Å²) in [4.78, 5) is 4.20. The van der Waals surface area contributed by atoms with Gasteiger partial charge in [-0.15, -0.1) is 0 Å². The van der Waals surface area contributed by atoms with Crippen LogP contribution in [0.2, 0.25) is 0 Å². The predicted octanol–water partition coefficient (Wildman–Crippen LogP) is 3.33. The highest BCUT2D eigenvalue weighted by Gasteiger charge is 2.11. The first-order chi connectivity index (χ1) is 7.79. The van der Waals surface area contributed by atoms with E-state index in [1.54, 1.807) is 13.3 Å². The van der Waals surface area contributed by atoms with Gasteiger partial charge in [0.2, 0.25) is 0 Å². The molecule has 0 aliphatic heterocycles. The van der Waals surface area contributed by atoms with E-state index >= 15 is 0 Å². The van der Waals surface area contributed by atoms with E-state index in [0.717, 1.165) is 19.3 Å². The van der Waals surface area contributed by atoms with Crippen molar-refractivity contribution in [1.29, 1.82) is 5.26 Å². The van der Waals surface area contributed by atoms with Gasteiger partial charge in [-0.3, -0.25) is 4.99 Å². The molecule has 0 radical (unpaired) electrons. The monoisotopic (exact) mass is 222 g/mol. The number of nitriles is 1. The van der Waals surface area contributed by atoms with Crippen molar-refractivity contribution in [1.82, 2.24) is 0 Å². The molecule has 0 N–H and O–H groups in total. The molecule has 0 saturated heterocycles. The van der Waals surface area contributed by atoms with Crippen LogP contribution in [0.3, 0.4) is 0 Å². The smallest absolute Gasteiger partial charge is 0.0814 e. The number of hydrogen-bond acceptors (Lipinski definition) is 3. The van der Waals surface area contributed by atoms with Crippen molar-refractivity contribution in [3.05, 3.63) is 11.8 Å². The summed E-state index contributed by atoms with van der Waals surface area (Å²) in [5.74, 6) is 0.361. The van der Waals surface area contributed by atoms with Crippen LogP contribution in [-0.4, -0.2) is 19.9 Å². The summed E-state index contributed by atoms with van der Waals surface area (Å²) in [6.07, 6.45) is 7.34. The molecule has 16 heavy (non-hydrogen) atoms. The number of hydrogen-bond donors (Lipinski definition) is 0. The van der Waals surface area contributed by atoms with Gasteiger partial charge in [0, 0.05) is 25.9 Å². The molecule has 0 aromatic carbocycles. The molecule has 3 heteroatoms. The van der Waals surface area contributed by atoms with Gasteiger partial charge in [-0.05, 0) is 24.3 Å². The van der Waals surface area contributed by atoms with Crippen LogP contribution in [0.15, 0.2) is 16.8 Å². The molecule has 0 bridgehead atoms. The van der Waals surface area contributed by atoms with Crippen LogP contribution >= 0.6 is 0 Å². The Kier molecular flexibility index (Phi) is 9.64. The second-order valence-corrected chi connectivity index (χ2v) is 3.69. The minimum absolute atomic E-state index is 0.361. The zero-order valence-electron chi connectivity index (χ0n) is 10.6. The molecule has 0 fully saturated rings. The van der Waals surface area contributed by atoms with Crippen molar-refractivity contribution in [3.63, 3.8) is 0 Å². The van der Waals surface area contributed by atoms with E-state index in [-0.39, 0.29) is 0 Å². The van der Waals surface area contributed by atoms with E-state index in [1.807, 2.05) is 6.20 Å². The second kappa shape index (κ2) is 10.4. The molecule has 0 aliphatic rings. The average molecular weight is 222 g/mol. The maximum Gasteiger partial charge on any atom is 0.0814 e. The highest BCUT2D eigenvalue weighted by molar-refractivity contribution is 5.59. The number of methoxy groups -OCH3 is 1. The molecule has 0 aromatic rings. The number of allylic oxidation sites excluding steroid dienone is 1. The van der Waals surface area contributed by atoms with Crippen molar-refractivity contribution in [2.75, 3.05) is 13.7 Å². The molecule has 0 amide bonds. The largest absolute Gasteiger partial charge is 0.379 e. The van der Waals surface area contributed by atoms with Gasteiger partial charge in [0.05, 0.1) is 12.7 Å². The third-order valence-electron chi connectivity index (χ3n) is 2.49. The molecule has 3 nitrogen and oxygen atoms in total. The molecular weight excluding hydrogens is 200 g/mol. The fourth-order valence-corrected chi connectivity index (χ4v) is 1.63. The van der Waals surface area contributed by atoms with Crippen molar-refractivity contribution in [2.45, 2.75) is 39.5 Å². The molecule has 1 unspecified atom stereocenters. The fraction of sp³-hybridized carbons (Fsp3) is 0.692. The van der Waals surface area contributed by atoms with E-state index in [1.165, 1.54) is 5.57 Å². The van der Waals surface area contributed by atoms with Gasteiger partial charge >= 0.3 is 0 Å². The normalized spacial score (nSPS) is 14.0. The van der Waals surface area contributed by atoms with Crippen LogP contribution in [0, 0.1) is 17.2 Å². The lowest BCUT2D eigenvalue weighted by atomic mass is 9.91. The zero-order valence-corrected chi connectivity index (χ0v) is 10.6. The van der Waals surface area contributed by atoms with Crippen molar-refractivity contribution in [3.8, 4) is 6.07 Å². The van der Waals surface area contributed by atoms with E-state index < -0.39 is 0 Å². The van der Waals surface area contributed by atoms with E-state index in [0.29, 0.717) is 18.9 Å². The number of aliphatic imine (C=N–C) groups is 1. The lowest BCUT2D eigenvalue weighted by Gasteiger charge is -2.14. The zero-order chi connectivity index (χ0) is 12.2. The quantitative estimate of drug-likeness (QED) is 0.591. The Morgan fingerprint density at radius 2 is 2.25 bits per heavy atom. The molecule has 0 aromatic heterocycles. The molecule has 90 valence electrons. The van der Waals surface area contributed by atoms with Gasteiger partial charge in [-0.2, -0.15) is 5.26 Å². The lowest BCUT2D eigenvalue weighted by molar-refractivity contribution is 0.248. The van der Waals surface area contributed by atoms with Gasteiger partial charge in [0.25, 0.3) is 0 Å². The third-order valence-corrected chi connectivity index (χ3v) is 2.49. The standard InChI is InChI=1S/C13H22N2O/c1-4-6-13(7-8-14)12(5-2)11-15-9-10-16-3/h9,11,13H,4-7,10H2,1-3H3/b12-11+,15-9?. The highest BCUT2D eigenvalue weighted by atomic mass is 16.5. The average Bonchev–Trinajstić information content (AvgIpc) is 2.29. The topological polar surface area (TPSA) is 45.4 Å². The Labute approximate surface area is 98.8 Å². The van der Waals surface area contributed by atoms with E-state index in [4.69, 9.17) is 10.00 Å². The minimum atomic E-state index is 0.361. The number of ether oxygens (including phenoxy) is 1. The molecule has 1 atom stereocenters. The van der Waals surface area contributed by atoms with Gasteiger partial charge in [-0.1, -0.05) is 20.3 Å². The summed E-state index contributed by atoms with van der Waals surface area (Å²) in [6, 6.07) is 2.25. The molecule has 0 spiro atoms. The van der Waals surface area contributed by atoms with E-state index in [9.17, 15) is 0 Å². The minimum Gasteiger partial charge on any atom is -0.379 e. The molecule has 0 heterocycles. The summed E-state index contributed by atoms with van der Waals surface area (Å²) >= 11 is 0. The van der Waals surface area contributed by atoms with Crippen molar-refractivity contribution >= 4 is 6.21 Å². The van der Waals surface area contributed by atoms with Crippen LogP contribution in [0.5, 0.6) is 0 Å². The van der Waals surface area contributed by atoms with Gasteiger partial charge in [0.1, 0.15) is 0 Å². The Morgan fingerprint density at radius 3 is 2.75 bits per heavy atom. The maximum atomic E-state index is 8.78. The summed E-state index contributed by atoms with van der Waals surface area (Å²) in [5, 5.41) is 8.78. The van der Waals surface area contributed by atoms with Crippen molar-refractivity contribution in [2.24, 2.45) is 10.9 Å². The summed E-state index contributed by atoms with van der Waals surface area (Å²) in [5.41, 5.74) is 1.26. The molecular formula is C13H22N2O. The van der Waals surface area contributed by atoms with Crippen LogP contribution < -0.4 is 0 Å². The summed E-state index contributed by atoms with van der Waals surface area (Å²) in [7, 11) is 1.64. The predicted molar refractivity (Wildman–Crippen MR) is 67.4 cm³/mol. The SMILES string of the molecule is CCCC(CC#N)/C(=C/N=CCOC)CC. The Balaban J connectivity index is 4.46. The highest BCUT2D eigenvalue weighted by Crippen LogP contribution is 2.23. The first-order valence-electron chi connectivity index (χ1n) is 5.86. The van der Waals surface area contributed by atoms with Gasteiger partial charge in [-0.25, -0.2) is 0 Å². The van der Waals surface area contributed by atoms with Gasteiger partial charge < -0.3 is 4.74 Å². The number of nitrogens with zero attached hydrogens (tertiary/aromatic N) is 2. The van der Waals surface area contributed by atoms with Crippen LogP contribution in [0.25, 0.3) is 0 Å². The maximum absolute atomic E-state index is 8.78. The molecule has 0 rings (SSSR count). The fourth-order valence-electron chi connectivity index (χ4n) is 1.63. The van der Waals surface area contributed by atoms with Crippen LogP contribution in [0.1, 0.15) is 39.5 Å². The summed E-state index contributed by atoms with van der Waals surface area (Å²) < 4.78 is 4.88. The Bertz CT molecular complexity index is 264.